The summed E-state index contributed by atoms with van der Waals surface area (Å²) in [6.45, 7) is 0.110. The number of benzene rings is 3. The molecule has 0 atom stereocenters. The number of aliphatic hydroxyl groups is 1. The van der Waals surface area contributed by atoms with E-state index in [9.17, 15) is 0 Å². The summed E-state index contributed by atoms with van der Waals surface area (Å²) in [5.74, 6) is 0.591. The Morgan fingerprint density at radius 2 is 1.21 bits per heavy atom. The van der Waals surface area contributed by atoms with Crippen molar-refractivity contribution in [3.63, 3.8) is 0 Å². The first kappa shape index (κ1) is 18.5. The minimum Gasteiger partial charge on any atom is -0.396 e. The summed E-state index contributed by atoms with van der Waals surface area (Å²) in [5, 5.41) is 19.4. The molecule has 0 spiro atoms. The molecule has 1 aromatic heterocycles. The van der Waals surface area contributed by atoms with Crippen molar-refractivity contribution < 1.29 is 5.11 Å². The maximum absolute atomic E-state index is 9.15. The van der Waals surface area contributed by atoms with E-state index in [4.69, 9.17) is 10.2 Å². The van der Waals surface area contributed by atoms with Gasteiger partial charge in [0, 0.05) is 5.75 Å². The van der Waals surface area contributed by atoms with Gasteiger partial charge in [0.2, 0.25) is 0 Å². The van der Waals surface area contributed by atoms with Crippen molar-refractivity contribution in [2.24, 2.45) is 0 Å². The van der Waals surface area contributed by atoms with Gasteiger partial charge >= 0.3 is 0 Å². The van der Waals surface area contributed by atoms with Crippen molar-refractivity contribution >= 4 is 11.8 Å². The summed E-state index contributed by atoms with van der Waals surface area (Å²) in [6, 6.07) is 31.0. The lowest BCUT2D eigenvalue weighted by Crippen LogP contribution is -2.39. The topological polar surface area (TPSA) is 50.9 Å². The van der Waals surface area contributed by atoms with E-state index < -0.39 is 5.54 Å². The fraction of sp³-hybridized carbons (Fsp3) is 0.130. The van der Waals surface area contributed by atoms with Gasteiger partial charge < -0.3 is 5.11 Å². The average Bonchev–Trinajstić information content (AvgIpc) is 3.24. The molecule has 4 rings (SSSR count). The molecule has 0 saturated carbocycles. The third kappa shape index (κ3) is 3.35. The van der Waals surface area contributed by atoms with Gasteiger partial charge in [-0.05, 0) is 16.7 Å². The van der Waals surface area contributed by atoms with E-state index in [1.807, 2.05) is 54.6 Å². The molecule has 1 heterocycles. The van der Waals surface area contributed by atoms with Crippen molar-refractivity contribution in [1.29, 1.82) is 0 Å². The van der Waals surface area contributed by atoms with Gasteiger partial charge in [-0.15, -0.1) is 16.9 Å². The van der Waals surface area contributed by atoms with Crippen LogP contribution in [-0.2, 0) is 5.54 Å². The number of nitrogens with zero attached hydrogens (tertiary/aromatic N) is 3. The lowest BCUT2D eigenvalue weighted by molar-refractivity contribution is 0.322. The Balaban J connectivity index is 2.00. The number of aromatic nitrogens is 3. The fourth-order valence-corrected chi connectivity index (χ4v) is 4.07. The van der Waals surface area contributed by atoms with Crippen LogP contribution in [0.15, 0.2) is 102 Å². The third-order valence-electron chi connectivity index (χ3n) is 4.69. The predicted octanol–water partition coefficient (Wildman–Crippen LogP) is 4.20. The minimum atomic E-state index is -0.693. The largest absolute Gasteiger partial charge is 0.396 e. The second-order valence-electron chi connectivity index (χ2n) is 6.35. The quantitative estimate of drug-likeness (QED) is 0.381. The number of thioether (sulfide) groups is 1. The van der Waals surface area contributed by atoms with Crippen LogP contribution in [0.1, 0.15) is 16.7 Å². The van der Waals surface area contributed by atoms with E-state index in [1.54, 1.807) is 11.0 Å². The average molecular weight is 388 g/mol. The van der Waals surface area contributed by atoms with E-state index in [0.29, 0.717) is 5.75 Å². The molecule has 0 unspecified atom stereocenters. The Kier molecular flexibility index (Phi) is 5.55. The molecule has 0 aliphatic carbocycles. The highest BCUT2D eigenvalue weighted by molar-refractivity contribution is 7.99. The van der Waals surface area contributed by atoms with Crippen molar-refractivity contribution in [3.8, 4) is 0 Å². The zero-order valence-corrected chi connectivity index (χ0v) is 16.2. The molecule has 0 amide bonds. The van der Waals surface area contributed by atoms with E-state index in [1.165, 1.54) is 11.8 Å². The molecule has 0 aliphatic rings. The van der Waals surface area contributed by atoms with E-state index in [2.05, 4.69) is 41.5 Å². The molecular weight excluding hydrogens is 366 g/mol. The minimum absolute atomic E-state index is 0.110. The Morgan fingerprint density at radius 1 is 0.750 bits per heavy atom. The van der Waals surface area contributed by atoms with Crippen LogP contribution in [-0.4, -0.2) is 32.5 Å². The van der Waals surface area contributed by atoms with Crippen LogP contribution >= 0.6 is 11.8 Å². The van der Waals surface area contributed by atoms with Gasteiger partial charge in [0.25, 0.3) is 0 Å². The van der Waals surface area contributed by atoms with Gasteiger partial charge in [0.1, 0.15) is 5.03 Å². The van der Waals surface area contributed by atoms with Gasteiger partial charge in [0.05, 0.1) is 12.8 Å². The SMILES string of the molecule is OCCSc1cnn(C(c2ccccc2)(c2ccccc2)c2ccccc2)n1. The summed E-state index contributed by atoms with van der Waals surface area (Å²) >= 11 is 1.50. The fourth-order valence-electron chi connectivity index (χ4n) is 3.51. The monoisotopic (exact) mass is 387 g/mol. The highest BCUT2D eigenvalue weighted by Crippen LogP contribution is 2.39. The molecule has 140 valence electrons. The lowest BCUT2D eigenvalue weighted by atomic mass is 9.77. The first-order valence-corrected chi connectivity index (χ1v) is 10.2. The van der Waals surface area contributed by atoms with Crippen molar-refractivity contribution in [1.82, 2.24) is 15.0 Å². The Morgan fingerprint density at radius 3 is 1.64 bits per heavy atom. The van der Waals surface area contributed by atoms with Crippen LogP contribution in [0.25, 0.3) is 0 Å². The molecule has 3 aromatic carbocycles. The summed E-state index contributed by atoms with van der Waals surface area (Å²) < 4.78 is 0. The molecule has 4 aromatic rings. The normalized spacial score (nSPS) is 11.5. The Bertz CT molecular complexity index is 907. The highest BCUT2D eigenvalue weighted by atomic mass is 32.2. The summed E-state index contributed by atoms with van der Waals surface area (Å²) in [6.07, 6.45) is 1.77. The van der Waals surface area contributed by atoms with Crippen LogP contribution in [0.2, 0.25) is 0 Å². The van der Waals surface area contributed by atoms with Gasteiger partial charge in [-0.2, -0.15) is 9.90 Å². The highest BCUT2D eigenvalue weighted by Gasteiger charge is 2.40. The smallest absolute Gasteiger partial charge is 0.157 e. The molecule has 0 aliphatic heterocycles. The van der Waals surface area contributed by atoms with E-state index in [-0.39, 0.29) is 6.61 Å². The van der Waals surface area contributed by atoms with E-state index >= 15 is 0 Å². The van der Waals surface area contributed by atoms with Crippen LogP contribution in [0.5, 0.6) is 0 Å². The van der Waals surface area contributed by atoms with Gasteiger partial charge in [-0.25, -0.2) is 0 Å². The van der Waals surface area contributed by atoms with Gasteiger partial charge in [-0.1, -0.05) is 91.0 Å². The van der Waals surface area contributed by atoms with E-state index in [0.717, 1.165) is 21.7 Å². The standard InChI is InChI=1S/C23H21N3OS/c27-16-17-28-22-18-24-26(25-22)23(19-10-4-1-5-11-19,20-12-6-2-7-13-20)21-14-8-3-9-15-21/h1-15,18,27H,16-17H2. The number of hydrogen-bond donors (Lipinski definition) is 1. The van der Waals surface area contributed by atoms with Crippen molar-refractivity contribution in [2.45, 2.75) is 10.6 Å². The second-order valence-corrected chi connectivity index (χ2v) is 7.47. The Hall–Kier alpha value is -2.89. The first-order valence-electron chi connectivity index (χ1n) is 9.19. The number of rotatable bonds is 7. The molecule has 4 nitrogen and oxygen atoms in total. The molecular formula is C23H21N3OS. The zero-order valence-electron chi connectivity index (χ0n) is 15.3. The third-order valence-corrected chi connectivity index (χ3v) is 5.56. The first-order chi connectivity index (χ1) is 13.9. The van der Waals surface area contributed by atoms with Crippen LogP contribution in [0, 0.1) is 0 Å². The molecule has 0 saturated heterocycles. The van der Waals surface area contributed by atoms with Gasteiger partial charge in [-0.3, -0.25) is 0 Å². The van der Waals surface area contributed by atoms with Gasteiger partial charge in [0.15, 0.2) is 5.54 Å². The number of aliphatic hydroxyl groups excluding tert-OH is 1. The molecule has 0 radical (unpaired) electrons. The number of hydrogen-bond acceptors (Lipinski definition) is 4. The van der Waals surface area contributed by atoms with Crippen molar-refractivity contribution in [2.75, 3.05) is 12.4 Å². The second kappa shape index (κ2) is 8.42. The molecule has 0 fully saturated rings. The van der Waals surface area contributed by atoms with Crippen LogP contribution < -0.4 is 0 Å². The summed E-state index contributed by atoms with van der Waals surface area (Å²) in [7, 11) is 0. The maximum atomic E-state index is 9.15. The predicted molar refractivity (Wildman–Crippen MR) is 112 cm³/mol. The summed E-state index contributed by atoms with van der Waals surface area (Å²) in [4.78, 5) is 1.80. The molecule has 1 N–H and O–H groups in total. The summed E-state index contributed by atoms with van der Waals surface area (Å²) in [5.41, 5.74) is 2.56. The molecule has 0 bridgehead atoms. The van der Waals surface area contributed by atoms with Crippen LogP contribution in [0.4, 0.5) is 0 Å². The molecule has 28 heavy (non-hydrogen) atoms. The van der Waals surface area contributed by atoms with Crippen LogP contribution in [0.3, 0.4) is 0 Å². The molecule has 5 heteroatoms. The zero-order chi connectivity index (χ0) is 19.2. The Labute approximate surface area is 168 Å². The maximum Gasteiger partial charge on any atom is 0.157 e. The van der Waals surface area contributed by atoms with Crippen molar-refractivity contribution in [3.05, 3.63) is 114 Å². The lowest BCUT2D eigenvalue weighted by Gasteiger charge is -2.34.